The minimum absolute atomic E-state index is 0.192. The Hall–Kier alpha value is -2.35. The van der Waals surface area contributed by atoms with E-state index >= 15 is 0 Å². The van der Waals surface area contributed by atoms with Crippen LogP contribution in [0, 0.1) is 23.0 Å². The topological polar surface area (TPSA) is 49.6 Å². The second-order valence-corrected chi connectivity index (χ2v) is 4.01. The Bertz CT molecular complexity index is 635. The van der Waals surface area contributed by atoms with E-state index in [2.05, 4.69) is 16.0 Å². The van der Waals surface area contributed by atoms with Crippen molar-refractivity contribution >= 4 is 0 Å². The van der Waals surface area contributed by atoms with Crippen molar-refractivity contribution in [1.29, 1.82) is 5.26 Å². The molecule has 0 spiro atoms. The molecule has 0 radical (unpaired) electrons. The summed E-state index contributed by atoms with van der Waals surface area (Å²) in [5.41, 5.74) is 0.536. The monoisotopic (exact) mass is 259 g/mol. The third-order valence-corrected chi connectivity index (χ3v) is 2.76. The summed E-state index contributed by atoms with van der Waals surface area (Å²) in [7, 11) is 0. The van der Waals surface area contributed by atoms with Gasteiger partial charge in [0, 0.05) is 17.8 Å². The van der Waals surface area contributed by atoms with E-state index in [1.165, 1.54) is 24.4 Å². The van der Waals surface area contributed by atoms with Gasteiger partial charge < -0.3 is 0 Å². The summed E-state index contributed by atoms with van der Waals surface area (Å²) in [4.78, 5) is 8.20. The van der Waals surface area contributed by atoms with Crippen LogP contribution in [-0.2, 0) is 0 Å². The van der Waals surface area contributed by atoms with Gasteiger partial charge in [0.15, 0.2) is 0 Å². The van der Waals surface area contributed by atoms with Crippen LogP contribution in [0.3, 0.4) is 0 Å². The highest BCUT2D eigenvalue weighted by Crippen LogP contribution is 2.23. The van der Waals surface area contributed by atoms with Gasteiger partial charge in [-0.3, -0.25) is 0 Å². The van der Waals surface area contributed by atoms with Crippen LogP contribution in [0.5, 0.6) is 0 Å². The number of halogens is 2. The van der Waals surface area contributed by atoms with Crippen molar-refractivity contribution in [3.8, 4) is 17.3 Å². The molecule has 2 aromatic rings. The fourth-order valence-electron chi connectivity index (χ4n) is 1.72. The van der Waals surface area contributed by atoms with E-state index in [0.717, 1.165) is 6.07 Å². The summed E-state index contributed by atoms with van der Waals surface area (Å²) in [5.74, 6) is -1.40. The lowest BCUT2D eigenvalue weighted by Crippen LogP contribution is -2.02. The van der Waals surface area contributed by atoms with Crippen LogP contribution < -0.4 is 0 Å². The molecule has 19 heavy (non-hydrogen) atoms. The molecule has 0 fully saturated rings. The lowest BCUT2D eigenvalue weighted by atomic mass is 10.1. The quantitative estimate of drug-likeness (QED) is 0.848. The number of aromatic nitrogens is 2. The number of rotatable bonds is 3. The van der Waals surface area contributed by atoms with E-state index in [0.29, 0.717) is 17.9 Å². The van der Waals surface area contributed by atoms with Crippen molar-refractivity contribution in [2.75, 3.05) is 0 Å². The Morgan fingerprint density at radius 3 is 2.74 bits per heavy atom. The molecule has 0 bridgehead atoms. The van der Waals surface area contributed by atoms with Crippen molar-refractivity contribution in [2.24, 2.45) is 0 Å². The summed E-state index contributed by atoms with van der Waals surface area (Å²) in [6.07, 6.45) is 2.05. The first-order valence-corrected chi connectivity index (χ1v) is 5.83. The van der Waals surface area contributed by atoms with Gasteiger partial charge in [0.25, 0.3) is 0 Å². The number of nitrogens with zero attached hydrogens (tertiary/aromatic N) is 3. The van der Waals surface area contributed by atoms with E-state index in [1.54, 1.807) is 0 Å². The second-order valence-electron chi connectivity index (χ2n) is 4.01. The highest BCUT2D eigenvalue weighted by molar-refractivity contribution is 5.59. The van der Waals surface area contributed by atoms with Crippen molar-refractivity contribution < 1.29 is 8.78 Å². The first kappa shape index (κ1) is 13.1. The van der Waals surface area contributed by atoms with Crippen molar-refractivity contribution in [1.82, 2.24) is 9.97 Å². The smallest absolute Gasteiger partial charge is 0.146 e. The minimum atomic E-state index is -0.686. The maximum Gasteiger partial charge on any atom is 0.146 e. The summed E-state index contributed by atoms with van der Waals surface area (Å²) >= 11 is 0. The van der Waals surface area contributed by atoms with Crippen LogP contribution in [-0.4, -0.2) is 9.97 Å². The van der Waals surface area contributed by atoms with Crippen molar-refractivity contribution in [3.63, 3.8) is 0 Å². The molecule has 1 heterocycles. The van der Waals surface area contributed by atoms with E-state index in [9.17, 15) is 8.78 Å². The molecule has 0 aliphatic heterocycles. The third kappa shape index (κ3) is 2.74. The molecular weight excluding hydrogens is 248 g/mol. The molecule has 0 saturated heterocycles. The van der Waals surface area contributed by atoms with Gasteiger partial charge in [-0.2, -0.15) is 5.26 Å². The molecule has 2 rings (SSSR count). The lowest BCUT2D eigenvalue weighted by Gasteiger charge is -2.07. The molecule has 0 aliphatic rings. The fourth-order valence-corrected chi connectivity index (χ4v) is 1.72. The molecule has 1 atom stereocenters. The molecule has 1 aromatic heterocycles. The summed E-state index contributed by atoms with van der Waals surface area (Å²) in [6.45, 7) is 1.85. The minimum Gasteiger partial charge on any atom is -0.240 e. The number of hydrogen-bond acceptors (Lipinski definition) is 3. The van der Waals surface area contributed by atoms with Crippen molar-refractivity contribution in [3.05, 3.63) is 47.9 Å². The zero-order valence-corrected chi connectivity index (χ0v) is 10.3. The highest BCUT2D eigenvalue weighted by Gasteiger charge is 2.14. The largest absolute Gasteiger partial charge is 0.240 e. The molecule has 1 unspecified atom stereocenters. The third-order valence-electron chi connectivity index (χ3n) is 2.76. The zero-order chi connectivity index (χ0) is 13.8. The molecule has 0 aliphatic carbocycles. The zero-order valence-electron chi connectivity index (χ0n) is 10.3. The van der Waals surface area contributed by atoms with E-state index < -0.39 is 17.6 Å². The first-order valence-electron chi connectivity index (χ1n) is 5.83. The predicted octanol–water partition coefficient (Wildman–Crippen LogP) is 3.44. The number of nitriles is 1. The molecule has 0 amide bonds. The van der Waals surface area contributed by atoms with E-state index in [4.69, 9.17) is 5.26 Å². The average molecular weight is 259 g/mol. The van der Waals surface area contributed by atoms with Gasteiger partial charge in [-0.1, -0.05) is 6.92 Å². The average Bonchev–Trinajstić information content (AvgIpc) is 2.40. The van der Waals surface area contributed by atoms with Gasteiger partial charge in [-0.25, -0.2) is 18.7 Å². The van der Waals surface area contributed by atoms with Crippen LogP contribution >= 0.6 is 0 Å². The summed E-state index contributed by atoms with van der Waals surface area (Å²) < 4.78 is 26.5. The Morgan fingerprint density at radius 1 is 1.32 bits per heavy atom. The summed E-state index contributed by atoms with van der Waals surface area (Å²) in [5, 5.41) is 8.98. The van der Waals surface area contributed by atoms with Crippen LogP contribution in [0.1, 0.15) is 25.1 Å². The standard InChI is InChI=1S/C14H11F2N3/c1-2-9(8-17)14-18-6-5-13(19-14)11-4-3-10(15)7-12(11)16/h3-7,9H,2H2,1H3. The van der Waals surface area contributed by atoms with Gasteiger partial charge in [0.05, 0.1) is 11.8 Å². The number of benzene rings is 1. The molecule has 3 nitrogen and oxygen atoms in total. The van der Waals surface area contributed by atoms with Gasteiger partial charge in [-0.15, -0.1) is 0 Å². The summed E-state index contributed by atoms with van der Waals surface area (Å²) in [6, 6.07) is 6.92. The molecule has 96 valence electrons. The normalized spacial score (nSPS) is 11.9. The Kier molecular flexibility index (Phi) is 3.81. The van der Waals surface area contributed by atoms with Gasteiger partial charge >= 0.3 is 0 Å². The van der Waals surface area contributed by atoms with Crippen LogP contribution in [0.4, 0.5) is 8.78 Å². The number of hydrogen-bond donors (Lipinski definition) is 0. The molecular formula is C14H11F2N3. The van der Waals surface area contributed by atoms with Crippen molar-refractivity contribution in [2.45, 2.75) is 19.3 Å². The molecule has 1 aromatic carbocycles. The van der Waals surface area contributed by atoms with Crippen LogP contribution in [0.25, 0.3) is 11.3 Å². The maximum absolute atomic E-state index is 13.7. The van der Waals surface area contributed by atoms with E-state index in [1.807, 2.05) is 6.92 Å². The van der Waals surface area contributed by atoms with Gasteiger partial charge in [0.1, 0.15) is 23.4 Å². The maximum atomic E-state index is 13.7. The van der Waals surface area contributed by atoms with E-state index in [-0.39, 0.29) is 5.56 Å². The Balaban J connectivity index is 2.46. The predicted molar refractivity (Wildman–Crippen MR) is 66.0 cm³/mol. The lowest BCUT2D eigenvalue weighted by molar-refractivity contribution is 0.585. The fraction of sp³-hybridized carbons (Fsp3) is 0.214. The Morgan fingerprint density at radius 2 is 2.11 bits per heavy atom. The SMILES string of the molecule is CCC(C#N)c1nccc(-c2ccc(F)cc2F)n1. The molecule has 0 saturated carbocycles. The molecule has 0 N–H and O–H groups in total. The van der Waals surface area contributed by atoms with Gasteiger partial charge in [0.2, 0.25) is 0 Å². The first-order chi connectivity index (χ1) is 9.15. The molecule has 5 heteroatoms. The van der Waals surface area contributed by atoms with Crippen LogP contribution in [0.15, 0.2) is 30.5 Å². The second kappa shape index (κ2) is 5.53. The highest BCUT2D eigenvalue weighted by atomic mass is 19.1. The van der Waals surface area contributed by atoms with Gasteiger partial charge in [-0.05, 0) is 24.6 Å². The Labute approximate surface area is 109 Å². The van der Waals surface area contributed by atoms with Crippen LogP contribution in [0.2, 0.25) is 0 Å².